The van der Waals surface area contributed by atoms with E-state index in [9.17, 15) is 14.4 Å². The van der Waals surface area contributed by atoms with E-state index < -0.39 is 5.97 Å². The van der Waals surface area contributed by atoms with Crippen molar-refractivity contribution in [1.29, 1.82) is 0 Å². The molecule has 0 unspecified atom stereocenters. The van der Waals surface area contributed by atoms with Crippen LogP contribution in [0.2, 0.25) is 0 Å². The predicted molar refractivity (Wildman–Crippen MR) is 114 cm³/mol. The van der Waals surface area contributed by atoms with Gasteiger partial charge in [0.2, 0.25) is 5.91 Å². The Morgan fingerprint density at radius 2 is 2.03 bits per heavy atom. The highest BCUT2D eigenvalue weighted by Crippen LogP contribution is 2.29. The molecule has 0 saturated heterocycles. The van der Waals surface area contributed by atoms with Gasteiger partial charge in [-0.1, -0.05) is 19.1 Å². The maximum atomic E-state index is 12.5. The lowest BCUT2D eigenvalue weighted by Crippen LogP contribution is -2.21. The summed E-state index contributed by atoms with van der Waals surface area (Å²) in [6.07, 6.45) is 2.98. The minimum absolute atomic E-state index is 0.119. The van der Waals surface area contributed by atoms with E-state index in [-0.39, 0.29) is 24.5 Å². The SMILES string of the molecule is CCOC(=O)c1cc(CC)sc1NC(=O)CCCn1cnc2ccccc2c1=O. The van der Waals surface area contributed by atoms with Crippen LogP contribution in [0.25, 0.3) is 10.9 Å². The normalized spacial score (nSPS) is 10.8. The van der Waals surface area contributed by atoms with Gasteiger partial charge in [0.05, 0.1) is 29.4 Å². The third kappa shape index (κ3) is 4.89. The van der Waals surface area contributed by atoms with Gasteiger partial charge in [-0.25, -0.2) is 9.78 Å². The highest BCUT2D eigenvalue weighted by Gasteiger charge is 2.18. The molecular formula is C21H23N3O4S. The number of ether oxygens (including phenoxy) is 1. The molecule has 0 aliphatic carbocycles. The van der Waals surface area contributed by atoms with Gasteiger partial charge in [-0.15, -0.1) is 11.3 Å². The van der Waals surface area contributed by atoms with Crippen molar-refractivity contribution < 1.29 is 14.3 Å². The first-order chi connectivity index (χ1) is 14.0. The zero-order chi connectivity index (χ0) is 20.8. The number of fused-ring (bicyclic) bond motifs is 1. The first-order valence-corrected chi connectivity index (χ1v) is 10.4. The fourth-order valence-electron chi connectivity index (χ4n) is 2.93. The van der Waals surface area contributed by atoms with Crippen molar-refractivity contribution in [3.8, 4) is 0 Å². The number of thiophene rings is 1. The standard InChI is InChI=1S/C21H23N3O4S/c1-3-14-12-16(21(27)28-4-2)19(29-14)23-18(25)10-7-11-24-13-22-17-9-6-5-8-15(17)20(24)26/h5-6,8-9,12-13H,3-4,7,10-11H2,1-2H3,(H,23,25). The van der Waals surface area contributed by atoms with Gasteiger partial charge in [0.25, 0.3) is 5.56 Å². The second kappa shape index (κ2) is 9.47. The maximum Gasteiger partial charge on any atom is 0.341 e. The van der Waals surface area contributed by atoms with Crippen LogP contribution in [0.1, 0.15) is 41.9 Å². The molecule has 3 rings (SSSR count). The third-order valence-corrected chi connectivity index (χ3v) is 5.61. The van der Waals surface area contributed by atoms with Crippen LogP contribution in [0.4, 0.5) is 5.00 Å². The average Bonchev–Trinajstić information content (AvgIpc) is 3.13. The zero-order valence-electron chi connectivity index (χ0n) is 16.4. The molecule has 8 heteroatoms. The molecule has 1 amide bonds. The van der Waals surface area contributed by atoms with Gasteiger partial charge >= 0.3 is 5.97 Å². The Bertz CT molecular complexity index is 1090. The third-order valence-electron chi connectivity index (χ3n) is 4.41. The number of para-hydroxylation sites is 1. The summed E-state index contributed by atoms with van der Waals surface area (Å²) in [6, 6.07) is 8.94. The molecule has 2 aromatic heterocycles. The molecule has 0 radical (unpaired) electrons. The van der Waals surface area contributed by atoms with Crippen molar-refractivity contribution in [2.75, 3.05) is 11.9 Å². The summed E-state index contributed by atoms with van der Waals surface area (Å²) in [5.41, 5.74) is 0.922. The summed E-state index contributed by atoms with van der Waals surface area (Å²) in [5, 5.41) is 3.88. The smallest absolute Gasteiger partial charge is 0.341 e. The van der Waals surface area contributed by atoms with Gasteiger partial charge in [0.1, 0.15) is 5.00 Å². The first kappa shape index (κ1) is 20.7. The van der Waals surface area contributed by atoms with Crippen molar-refractivity contribution in [2.45, 2.75) is 39.7 Å². The van der Waals surface area contributed by atoms with Gasteiger partial charge in [-0.3, -0.25) is 14.2 Å². The lowest BCUT2D eigenvalue weighted by Gasteiger charge is -2.08. The van der Waals surface area contributed by atoms with E-state index in [0.29, 0.717) is 34.4 Å². The molecule has 0 fully saturated rings. The molecule has 0 aliphatic heterocycles. The topological polar surface area (TPSA) is 90.3 Å². The Morgan fingerprint density at radius 3 is 2.79 bits per heavy atom. The van der Waals surface area contributed by atoms with Crippen molar-refractivity contribution in [3.05, 3.63) is 57.5 Å². The number of nitrogens with one attached hydrogen (secondary N) is 1. The van der Waals surface area contributed by atoms with Crippen LogP contribution >= 0.6 is 11.3 Å². The molecular weight excluding hydrogens is 390 g/mol. The van der Waals surface area contributed by atoms with E-state index in [1.807, 2.05) is 13.0 Å². The maximum absolute atomic E-state index is 12.5. The average molecular weight is 413 g/mol. The zero-order valence-corrected chi connectivity index (χ0v) is 17.3. The Morgan fingerprint density at radius 1 is 1.24 bits per heavy atom. The number of anilines is 1. The second-order valence-corrected chi connectivity index (χ2v) is 7.58. The summed E-state index contributed by atoms with van der Waals surface area (Å²) in [5.74, 6) is -0.644. The Hall–Kier alpha value is -3.00. The molecule has 2 heterocycles. The van der Waals surface area contributed by atoms with Crippen LogP contribution in [-0.2, 0) is 22.5 Å². The fraction of sp³-hybridized carbons (Fsp3) is 0.333. The minimum atomic E-state index is -0.437. The predicted octanol–water partition coefficient (Wildman–Crippen LogP) is 3.62. The van der Waals surface area contributed by atoms with E-state index in [0.717, 1.165) is 11.3 Å². The first-order valence-electron chi connectivity index (χ1n) is 9.57. The number of benzene rings is 1. The van der Waals surface area contributed by atoms with Crippen LogP contribution in [-0.4, -0.2) is 28.0 Å². The van der Waals surface area contributed by atoms with Gasteiger partial charge in [0.15, 0.2) is 0 Å². The molecule has 0 spiro atoms. The number of hydrogen-bond acceptors (Lipinski definition) is 6. The van der Waals surface area contributed by atoms with Gasteiger partial charge in [-0.2, -0.15) is 0 Å². The summed E-state index contributed by atoms with van der Waals surface area (Å²) < 4.78 is 6.58. The molecule has 0 bridgehead atoms. The number of carbonyl (C=O) groups excluding carboxylic acids is 2. The Balaban J connectivity index is 1.62. The van der Waals surface area contributed by atoms with E-state index in [2.05, 4.69) is 10.3 Å². The molecule has 0 saturated carbocycles. The molecule has 152 valence electrons. The number of nitrogens with zero attached hydrogens (tertiary/aromatic N) is 2. The summed E-state index contributed by atoms with van der Waals surface area (Å²) in [6.45, 7) is 4.39. The number of aromatic nitrogens is 2. The van der Waals surface area contributed by atoms with Crippen LogP contribution in [0, 0.1) is 0 Å². The molecule has 7 nitrogen and oxygen atoms in total. The van der Waals surface area contributed by atoms with E-state index in [1.54, 1.807) is 31.2 Å². The summed E-state index contributed by atoms with van der Waals surface area (Å²) >= 11 is 1.38. The number of aryl methyl sites for hydroxylation is 2. The van der Waals surface area contributed by atoms with Crippen molar-refractivity contribution >= 4 is 39.1 Å². The molecule has 1 N–H and O–H groups in total. The summed E-state index contributed by atoms with van der Waals surface area (Å²) in [4.78, 5) is 42.2. The number of esters is 1. The van der Waals surface area contributed by atoms with Crippen LogP contribution in [0.3, 0.4) is 0 Å². The number of carbonyl (C=O) groups is 2. The van der Waals surface area contributed by atoms with Gasteiger partial charge in [0, 0.05) is 17.8 Å². The molecule has 0 aliphatic rings. The molecule has 3 aromatic rings. The van der Waals surface area contributed by atoms with Crippen LogP contribution in [0.15, 0.2) is 41.5 Å². The monoisotopic (exact) mass is 413 g/mol. The van der Waals surface area contributed by atoms with Crippen molar-refractivity contribution in [3.63, 3.8) is 0 Å². The van der Waals surface area contributed by atoms with Crippen LogP contribution in [0.5, 0.6) is 0 Å². The van der Waals surface area contributed by atoms with Crippen molar-refractivity contribution in [1.82, 2.24) is 9.55 Å². The highest BCUT2D eigenvalue weighted by molar-refractivity contribution is 7.16. The second-order valence-electron chi connectivity index (χ2n) is 6.44. The number of rotatable bonds is 8. The Labute approximate surface area is 172 Å². The quantitative estimate of drug-likeness (QED) is 0.570. The van der Waals surface area contributed by atoms with Gasteiger partial charge in [-0.05, 0) is 38.0 Å². The van der Waals surface area contributed by atoms with E-state index in [1.165, 1.54) is 22.2 Å². The Kier molecular flexibility index (Phi) is 6.77. The molecule has 1 aromatic carbocycles. The highest BCUT2D eigenvalue weighted by atomic mass is 32.1. The minimum Gasteiger partial charge on any atom is -0.462 e. The fourth-order valence-corrected chi connectivity index (χ4v) is 3.93. The van der Waals surface area contributed by atoms with Gasteiger partial charge < -0.3 is 10.1 Å². The number of hydrogen-bond donors (Lipinski definition) is 1. The van der Waals surface area contributed by atoms with Crippen molar-refractivity contribution in [2.24, 2.45) is 0 Å². The lowest BCUT2D eigenvalue weighted by atomic mass is 10.2. The lowest BCUT2D eigenvalue weighted by molar-refractivity contribution is -0.116. The number of amides is 1. The van der Waals surface area contributed by atoms with E-state index in [4.69, 9.17) is 4.74 Å². The largest absolute Gasteiger partial charge is 0.462 e. The molecule has 0 atom stereocenters. The van der Waals surface area contributed by atoms with Crippen LogP contribution < -0.4 is 10.9 Å². The van der Waals surface area contributed by atoms with E-state index >= 15 is 0 Å². The molecule has 29 heavy (non-hydrogen) atoms. The summed E-state index contributed by atoms with van der Waals surface area (Å²) in [7, 11) is 0.